The van der Waals surface area contributed by atoms with Gasteiger partial charge in [0.25, 0.3) is 0 Å². The van der Waals surface area contributed by atoms with Gasteiger partial charge in [-0.1, -0.05) is 364 Å². The summed E-state index contributed by atoms with van der Waals surface area (Å²) in [6.07, 6.45) is 57.3. The van der Waals surface area contributed by atoms with Crippen LogP contribution < -0.4 is 0 Å². The van der Waals surface area contributed by atoms with Gasteiger partial charge in [0, 0.05) is 25.7 Å². The van der Waals surface area contributed by atoms with Crippen molar-refractivity contribution in [1.82, 2.24) is 0 Å². The van der Waals surface area contributed by atoms with Crippen LogP contribution in [-0.2, 0) is 65.4 Å². The number of aliphatic hydroxyl groups is 1. The fourth-order valence-corrected chi connectivity index (χ4v) is 14.0. The van der Waals surface area contributed by atoms with Crippen molar-refractivity contribution in [2.75, 3.05) is 39.6 Å². The van der Waals surface area contributed by atoms with E-state index in [1.807, 2.05) is 0 Å². The number of unbranched alkanes of at least 4 members (excludes halogenated alkanes) is 43. The van der Waals surface area contributed by atoms with Crippen molar-refractivity contribution in [3.05, 3.63) is 0 Å². The molecule has 0 aliphatic carbocycles. The average molecular weight is 1470 g/mol. The minimum atomic E-state index is -4.96. The van der Waals surface area contributed by atoms with Crippen molar-refractivity contribution in [3.63, 3.8) is 0 Å². The molecule has 0 amide bonds. The van der Waals surface area contributed by atoms with Gasteiger partial charge in [-0.3, -0.25) is 37.3 Å². The van der Waals surface area contributed by atoms with Crippen LogP contribution in [0.2, 0.25) is 0 Å². The Kier molecular flexibility index (Phi) is 68.7. The second kappa shape index (κ2) is 70.1. The van der Waals surface area contributed by atoms with E-state index in [2.05, 4.69) is 55.4 Å². The molecule has 594 valence electrons. The highest BCUT2D eigenvalue weighted by molar-refractivity contribution is 7.47. The Morgan fingerprint density at radius 2 is 0.480 bits per heavy atom. The van der Waals surface area contributed by atoms with Gasteiger partial charge in [0.1, 0.15) is 19.3 Å². The van der Waals surface area contributed by atoms with Crippen LogP contribution in [0.4, 0.5) is 0 Å². The summed E-state index contributed by atoms with van der Waals surface area (Å²) < 4.78 is 68.6. The molecule has 0 aliphatic heterocycles. The van der Waals surface area contributed by atoms with E-state index in [-0.39, 0.29) is 25.7 Å². The molecule has 0 aromatic carbocycles. The van der Waals surface area contributed by atoms with Crippen molar-refractivity contribution in [2.45, 2.75) is 433 Å². The molecule has 0 heterocycles. The van der Waals surface area contributed by atoms with Crippen LogP contribution in [0.5, 0.6) is 0 Å². The van der Waals surface area contributed by atoms with Gasteiger partial charge in [0.2, 0.25) is 0 Å². The Morgan fingerprint density at radius 1 is 0.280 bits per heavy atom. The summed E-state index contributed by atoms with van der Waals surface area (Å²) in [5.74, 6) is 0.936. The summed E-state index contributed by atoms with van der Waals surface area (Å²) in [5.41, 5.74) is 0. The summed E-state index contributed by atoms with van der Waals surface area (Å²) in [6, 6.07) is 0. The molecule has 0 spiro atoms. The van der Waals surface area contributed by atoms with Crippen LogP contribution in [0, 0.1) is 23.7 Å². The van der Waals surface area contributed by atoms with E-state index in [0.29, 0.717) is 37.5 Å². The van der Waals surface area contributed by atoms with Gasteiger partial charge in [-0.25, -0.2) is 9.13 Å². The molecule has 0 saturated carbocycles. The fourth-order valence-electron chi connectivity index (χ4n) is 12.4. The predicted octanol–water partition coefficient (Wildman–Crippen LogP) is 24.0. The number of ether oxygens (including phenoxy) is 4. The largest absolute Gasteiger partial charge is 0.472 e. The molecular weight excluding hydrogens is 1310 g/mol. The number of esters is 4. The highest BCUT2D eigenvalue weighted by Crippen LogP contribution is 2.45. The van der Waals surface area contributed by atoms with Crippen LogP contribution in [0.25, 0.3) is 0 Å². The van der Waals surface area contributed by atoms with Crippen LogP contribution in [0.3, 0.4) is 0 Å². The first-order valence-corrected chi connectivity index (χ1v) is 44.7. The van der Waals surface area contributed by atoms with E-state index >= 15 is 0 Å². The first-order chi connectivity index (χ1) is 48.1. The number of hydrogen-bond acceptors (Lipinski definition) is 15. The topological polar surface area (TPSA) is 237 Å². The van der Waals surface area contributed by atoms with Gasteiger partial charge in [0.15, 0.2) is 12.2 Å². The van der Waals surface area contributed by atoms with E-state index in [1.165, 1.54) is 212 Å². The summed E-state index contributed by atoms with van der Waals surface area (Å²) in [6.45, 7) is 14.2. The first-order valence-electron chi connectivity index (χ1n) is 41.7. The molecule has 0 bridgehead atoms. The molecule has 4 unspecified atom stereocenters. The molecule has 19 heteroatoms. The van der Waals surface area contributed by atoms with Crippen molar-refractivity contribution in [1.29, 1.82) is 0 Å². The minimum Gasteiger partial charge on any atom is -0.462 e. The van der Waals surface area contributed by atoms with E-state index in [0.717, 1.165) is 108 Å². The normalized spacial score (nSPS) is 14.3. The van der Waals surface area contributed by atoms with E-state index < -0.39 is 97.5 Å². The molecule has 0 rings (SSSR count). The lowest BCUT2D eigenvalue weighted by Gasteiger charge is -2.21. The molecule has 0 aliphatic rings. The van der Waals surface area contributed by atoms with Crippen molar-refractivity contribution < 1.29 is 80.2 Å². The highest BCUT2D eigenvalue weighted by atomic mass is 31.2. The van der Waals surface area contributed by atoms with Gasteiger partial charge in [-0.15, -0.1) is 0 Å². The monoisotopic (exact) mass is 1470 g/mol. The Balaban J connectivity index is 5.09. The second-order valence-corrected chi connectivity index (χ2v) is 33.7. The van der Waals surface area contributed by atoms with Crippen LogP contribution in [0.1, 0.15) is 415 Å². The van der Waals surface area contributed by atoms with Crippen molar-refractivity contribution >= 4 is 39.5 Å². The second-order valence-electron chi connectivity index (χ2n) is 30.8. The van der Waals surface area contributed by atoms with E-state index in [1.54, 1.807) is 0 Å². The SMILES string of the molecule is CCC(C)CCCCCCCCCCCCCCCCCCCCC(=O)OC[C@H](COP(=O)(O)OCC(O)COP(=O)(O)OC[C@@H](COC(=O)CCCCCCCCCC(C)C)OC(=O)CCCCCCCCCCCCCCCCCCC(C)C)OC(=O)CCCCCCCCC(C)C. The number of phosphoric ester groups is 2. The molecule has 0 radical (unpaired) electrons. The van der Waals surface area contributed by atoms with E-state index in [4.69, 9.17) is 37.0 Å². The lowest BCUT2D eigenvalue weighted by molar-refractivity contribution is -0.161. The summed E-state index contributed by atoms with van der Waals surface area (Å²) >= 11 is 0. The molecule has 6 atom stereocenters. The number of rotatable bonds is 78. The zero-order valence-corrected chi connectivity index (χ0v) is 67.6. The standard InChI is InChI=1S/C81H158O17P2/c1-9-74(8)60-52-44-35-29-25-21-17-12-10-11-13-18-22-26-30-36-45-53-61-78(83)91-68-77(98-81(86)64-56-48-40-39-43-51-59-73(6)7)70-96-100(89,90)94-66-75(82)65-93-99(87,88)95-69-76(67-92-79(84)62-54-46-38-32-34-42-50-58-72(4)5)97-80(85)63-55-47-37-31-27-23-19-15-14-16-20-24-28-33-41-49-57-71(2)3/h71-77,82H,9-70H2,1-8H3,(H,87,88)(H,89,90)/t74?,75?,76-,77-/m1/s1. The maximum absolute atomic E-state index is 13.1. The number of hydrogen-bond donors (Lipinski definition) is 3. The van der Waals surface area contributed by atoms with Gasteiger partial charge in [-0.05, 0) is 49.4 Å². The Labute approximate surface area is 613 Å². The molecule has 3 N–H and O–H groups in total. The summed E-state index contributed by atoms with van der Waals surface area (Å²) in [4.78, 5) is 72.9. The van der Waals surface area contributed by atoms with E-state index in [9.17, 15) is 43.2 Å². The molecule has 0 fully saturated rings. The predicted molar refractivity (Wildman–Crippen MR) is 409 cm³/mol. The maximum atomic E-state index is 13.1. The zero-order valence-electron chi connectivity index (χ0n) is 65.8. The van der Waals surface area contributed by atoms with Gasteiger partial charge in [0.05, 0.1) is 26.4 Å². The fraction of sp³-hybridized carbons (Fsp3) is 0.951. The Hall–Kier alpha value is -1.94. The average Bonchev–Trinajstić information content (AvgIpc) is 0.948. The van der Waals surface area contributed by atoms with Crippen LogP contribution in [0.15, 0.2) is 0 Å². The quantitative estimate of drug-likeness (QED) is 0.0222. The van der Waals surface area contributed by atoms with Crippen molar-refractivity contribution in [2.24, 2.45) is 23.7 Å². The lowest BCUT2D eigenvalue weighted by Crippen LogP contribution is -2.30. The Bertz CT molecular complexity index is 1960. The van der Waals surface area contributed by atoms with Crippen LogP contribution in [-0.4, -0.2) is 96.7 Å². The number of carbonyl (C=O) groups is 4. The van der Waals surface area contributed by atoms with Gasteiger partial charge < -0.3 is 33.8 Å². The molecule has 0 saturated heterocycles. The molecule has 17 nitrogen and oxygen atoms in total. The Morgan fingerprint density at radius 3 is 0.710 bits per heavy atom. The number of aliphatic hydroxyl groups excluding tert-OH is 1. The van der Waals surface area contributed by atoms with Crippen molar-refractivity contribution in [3.8, 4) is 0 Å². The lowest BCUT2D eigenvalue weighted by atomic mass is 9.99. The smallest absolute Gasteiger partial charge is 0.462 e. The summed E-state index contributed by atoms with van der Waals surface area (Å²) in [5, 5.41) is 10.6. The molecular formula is C81H158O17P2. The summed E-state index contributed by atoms with van der Waals surface area (Å²) in [7, 11) is -9.92. The number of phosphoric acid groups is 2. The first kappa shape index (κ1) is 98.1. The van der Waals surface area contributed by atoms with Gasteiger partial charge in [-0.2, -0.15) is 0 Å². The number of carbonyl (C=O) groups excluding carboxylic acids is 4. The maximum Gasteiger partial charge on any atom is 0.472 e. The highest BCUT2D eigenvalue weighted by Gasteiger charge is 2.30. The van der Waals surface area contributed by atoms with Crippen LogP contribution >= 0.6 is 15.6 Å². The molecule has 0 aromatic heterocycles. The zero-order chi connectivity index (χ0) is 73.8. The third-order valence-electron chi connectivity index (χ3n) is 19.2. The third-order valence-corrected chi connectivity index (χ3v) is 21.1. The molecule has 0 aromatic rings. The molecule has 100 heavy (non-hydrogen) atoms. The minimum absolute atomic E-state index is 0.102. The van der Waals surface area contributed by atoms with Gasteiger partial charge >= 0.3 is 39.5 Å². The third kappa shape index (κ3) is 73.0.